The van der Waals surface area contributed by atoms with Crippen molar-refractivity contribution < 1.29 is 4.57 Å². The Bertz CT molecular complexity index is 745. The van der Waals surface area contributed by atoms with Crippen molar-refractivity contribution in [1.82, 2.24) is 4.90 Å². The predicted molar refractivity (Wildman–Crippen MR) is 199 cm³/mol. The van der Waals surface area contributed by atoms with Crippen LogP contribution in [-0.2, 0) is 4.57 Å². The van der Waals surface area contributed by atoms with Crippen molar-refractivity contribution in [3.63, 3.8) is 0 Å². The summed E-state index contributed by atoms with van der Waals surface area (Å²) in [5.74, 6) is 0. The molecule has 2 nitrogen and oxygen atoms in total. The van der Waals surface area contributed by atoms with Crippen LogP contribution < -0.4 is 0 Å². The van der Waals surface area contributed by atoms with Gasteiger partial charge >= 0.3 is 0 Å². The zero-order valence-electron chi connectivity index (χ0n) is 29.0. The first kappa shape index (κ1) is 34.9. The minimum atomic E-state index is -2.25. The topological polar surface area (TPSA) is 20.3 Å². The third-order valence-electron chi connectivity index (χ3n) is 13.7. The summed E-state index contributed by atoms with van der Waals surface area (Å²) in [4.78, 5) is 3.12. The molecule has 0 saturated heterocycles. The van der Waals surface area contributed by atoms with Crippen LogP contribution in [0.2, 0.25) is 0 Å². The lowest BCUT2D eigenvalue weighted by Gasteiger charge is -2.47. The van der Waals surface area contributed by atoms with E-state index in [1.807, 2.05) is 0 Å². The van der Waals surface area contributed by atoms with Gasteiger partial charge in [0.25, 0.3) is 0 Å². The van der Waals surface area contributed by atoms with Gasteiger partial charge in [-0.1, -0.05) is 131 Å². The van der Waals surface area contributed by atoms with Crippen molar-refractivity contribution in [2.45, 2.75) is 227 Å². The van der Waals surface area contributed by atoms with Gasteiger partial charge in [-0.2, -0.15) is 0 Å². The van der Waals surface area contributed by atoms with E-state index in [1.165, 1.54) is 205 Å². The summed E-state index contributed by atoms with van der Waals surface area (Å²) < 4.78 is 16.0. The molecule has 0 amide bonds. The van der Waals surface area contributed by atoms with Gasteiger partial charge in [-0.25, -0.2) is 0 Å². The lowest BCUT2D eigenvalue weighted by atomic mass is 9.99. The maximum atomic E-state index is 16.0. The molecule has 6 aliphatic rings. The molecule has 0 atom stereocenters. The molecular weight excluding hydrogens is 591 g/mol. The van der Waals surface area contributed by atoms with Crippen molar-refractivity contribution in [3.8, 4) is 0 Å². The highest BCUT2D eigenvalue weighted by atomic mass is 31.2. The Morgan fingerprint density at radius 1 is 0.386 bits per heavy atom. The maximum absolute atomic E-state index is 16.0. The molecule has 6 rings (SSSR count). The molecule has 44 heavy (non-hydrogen) atoms. The molecule has 0 N–H and O–H groups in total. The average molecular weight is 664 g/mol. The first-order chi connectivity index (χ1) is 21.7. The number of hydrogen-bond acceptors (Lipinski definition) is 2. The third-order valence-corrected chi connectivity index (χ3v) is 25.3. The molecule has 6 fully saturated rings. The quantitative estimate of drug-likeness (QED) is 0.194. The van der Waals surface area contributed by atoms with E-state index in [0.29, 0.717) is 11.3 Å². The first-order valence-corrected chi connectivity index (χ1v) is 25.9. The molecule has 0 aromatic heterocycles. The number of nitrogens with zero attached hydrogens (tertiary/aromatic N) is 1. The van der Waals surface area contributed by atoms with Crippen LogP contribution in [0, 0.1) is 0 Å². The largest absolute Gasteiger partial charge is 0.322 e. The molecule has 254 valence electrons. The van der Waals surface area contributed by atoms with Crippen LogP contribution in [0.25, 0.3) is 0 Å². The summed E-state index contributed by atoms with van der Waals surface area (Å²) in [7, 11) is -2.20. The van der Waals surface area contributed by atoms with E-state index in [9.17, 15) is 0 Å². The molecule has 5 heteroatoms. The van der Waals surface area contributed by atoms with Crippen LogP contribution in [0.1, 0.15) is 193 Å². The molecule has 0 aromatic rings. The number of rotatable bonds is 12. The van der Waals surface area contributed by atoms with Crippen LogP contribution in [0.15, 0.2) is 0 Å². The third kappa shape index (κ3) is 9.39. The summed E-state index contributed by atoms with van der Waals surface area (Å²) in [5, 5.41) is 0. The molecule has 0 radical (unpaired) electrons. The van der Waals surface area contributed by atoms with Crippen LogP contribution in [0.4, 0.5) is 0 Å². The Kier molecular flexibility index (Phi) is 14.4. The molecule has 6 saturated carbocycles. The van der Waals surface area contributed by atoms with Gasteiger partial charge in [0, 0.05) is 23.9 Å². The fourth-order valence-corrected chi connectivity index (χ4v) is 23.6. The second kappa shape index (κ2) is 18.2. The van der Waals surface area contributed by atoms with Crippen LogP contribution in [0.3, 0.4) is 0 Å². The summed E-state index contributed by atoms with van der Waals surface area (Å²) in [6, 6.07) is 0. The molecule has 0 bridgehead atoms. The molecule has 6 aliphatic carbocycles. The maximum Gasteiger partial charge on any atom is 0.107 e. The van der Waals surface area contributed by atoms with Gasteiger partial charge in [0.1, 0.15) is 7.14 Å². The van der Waals surface area contributed by atoms with Crippen LogP contribution >= 0.6 is 23.0 Å². The summed E-state index contributed by atoms with van der Waals surface area (Å²) >= 11 is 0. The predicted octanol–water partition coefficient (Wildman–Crippen LogP) is 13.5. The zero-order valence-corrected chi connectivity index (χ0v) is 31.7. The van der Waals surface area contributed by atoms with E-state index in [4.69, 9.17) is 0 Å². The van der Waals surface area contributed by atoms with Crippen molar-refractivity contribution in [2.24, 2.45) is 0 Å². The van der Waals surface area contributed by atoms with Gasteiger partial charge in [-0.05, 0) is 99.7 Å². The van der Waals surface area contributed by atoms with Gasteiger partial charge < -0.3 is 4.57 Å². The SMILES string of the molecule is O=P(CN(CP(C1CCCCC1)C1CCCCC1)CP(C1CCCCC1)C1CCCCC1)(C1CCCCC1)C1CCCCC1. The Morgan fingerprint density at radius 2 is 0.636 bits per heavy atom. The molecule has 0 heterocycles. The summed E-state index contributed by atoms with van der Waals surface area (Å²) in [6.45, 7) is 0. The van der Waals surface area contributed by atoms with Crippen molar-refractivity contribution in [3.05, 3.63) is 0 Å². The highest BCUT2D eigenvalue weighted by Gasteiger charge is 2.44. The fourth-order valence-electron chi connectivity index (χ4n) is 11.2. The second-order valence-corrected chi connectivity index (χ2v) is 25.7. The minimum absolute atomic E-state index is 0.0255. The van der Waals surface area contributed by atoms with E-state index < -0.39 is 7.14 Å². The molecule has 0 aliphatic heterocycles. The highest BCUT2D eigenvalue weighted by molar-refractivity contribution is 7.65. The summed E-state index contributed by atoms with van der Waals surface area (Å²) in [6.07, 6.45) is 47.4. The molecular formula is C39H72NOP3. The van der Waals surface area contributed by atoms with Crippen LogP contribution in [0.5, 0.6) is 0 Å². The normalized spacial score (nSPS) is 27.5. The Labute approximate surface area is 277 Å². The molecule has 0 spiro atoms. The Balaban J connectivity index is 1.31. The average Bonchev–Trinajstić information content (AvgIpc) is 3.11. The van der Waals surface area contributed by atoms with Gasteiger partial charge in [-0.3, -0.25) is 4.90 Å². The first-order valence-electron chi connectivity index (χ1n) is 20.5. The van der Waals surface area contributed by atoms with E-state index in [0.717, 1.165) is 28.9 Å². The second-order valence-electron chi connectivity index (χ2n) is 16.7. The molecule has 0 aromatic carbocycles. The van der Waals surface area contributed by atoms with E-state index in [2.05, 4.69) is 4.90 Å². The van der Waals surface area contributed by atoms with Gasteiger partial charge in [0.05, 0.1) is 6.29 Å². The van der Waals surface area contributed by atoms with Gasteiger partial charge in [0.15, 0.2) is 0 Å². The fraction of sp³-hybridized carbons (Fsp3) is 1.00. The minimum Gasteiger partial charge on any atom is -0.322 e. The van der Waals surface area contributed by atoms with Crippen molar-refractivity contribution >= 4 is 23.0 Å². The van der Waals surface area contributed by atoms with Crippen molar-refractivity contribution in [2.75, 3.05) is 18.9 Å². The van der Waals surface area contributed by atoms with Gasteiger partial charge in [0.2, 0.25) is 0 Å². The standard InChI is InChI=1S/C39H72NOP3/c41-44(38-27-15-5-16-28-38,39-29-17-6-18-30-39)33-40(31-42(34-19-7-1-8-20-34)35-21-9-2-10-22-35)32-43(36-23-11-3-12-24-36)37-25-13-4-14-26-37/h34-39H,1-33H2. The monoisotopic (exact) mass is 663 g/mol. The molecule has 0 unspecified atom stereocenters. The summed E-state index contributed by atoms with van der Waals surface area (Å²) in [5.41, 5.74) is 5.20. The lowest BCUT2D eigenvalue weighted by Crippen LogP contribution is -2.37. The Morgan fingerprint density at radius 3 is 0.909 bits per heavy atom. The zero-order chi connectivity index (χ0) is 30.0. The van der Waals surface area contributed by atoms with E-state index in [-0.39, 0.29) is 15.8 Å². The smallest absolute Gasteiger partial charge is 0.107 e. The highest BCUT2D eigenvalue weighted by Crippen LogP contribution is 2.66. The van der Waals surface area contributed by atoms with E-state index in [1.54, 1.807) is 0 Å². The van der Waals surface area contributed by atoms with E-state index >= 15 is 4.57 Å². The van der Waals surface area contributed by atoms with Gasteiger partial charge in [-0.15, -0.1) is 0 Å². The Hall–Kier alpha value is 1.05. The number of hydrogen-bond donors (Lipinski definition) is 0. The van der Waals surface area contributed by atoms with Crippen molar-refractivity contribution in [1.29, 1.82) is 0 Å². The lowest BCUT2D eigenvalue weighted by molar-refractivity contribution is 0.382. The van der Waals surface area contributed by atoms with Crippen LogP contribution in [-0.4, -0.2) is 57.7 Å².